The largest absolute Gasteiger partial charge is 0.480 e. The number of amides is 1. The average molecular weight is 212 g/mol. The van der Waals surface area contributed by atoms with Crippen LogP contribution in [0.4, 0.5) is 0 Å². The Balaban J connectivity index is 2.70. The molecule has 0 bridgehead atoms. The first-order valence-electron chi connectivity index (χ1n) is 3.75. The lowest BCUT2D eigenvalue weighted by atomic mass is 10.2. The highest BCUT2D eigenvalue weighted by molar-refractivity contribution is 7.80. The topological polar surface area (TPSA) is 79.3 Å². The number of carboxylic acid groups (broad SMARTS) is 1. The first-order valence-corrected chi connectivity index (χ1v) is 4.20. The van der Waals surface area contributed by atoms with Crippen LogP contribution in [0.1, 0.15) is 10.4 Å². The zero-order valence-corrected chi connectivity index (χ0v) is 7.99. The third-order valence-electron chi connectivity index (χ3n) is 1.43. The molecule has 14 heavy (non-hydrogen) atoms. The maximum Gasteiger partial charge on any atom is 0.322 e. The van der Waals surface area contributed by atoms with Crippen molar-refractivity contribution in [3.8, 4) is 0 Å². The van der Waals surface area contributed by atoms with Gasteiger partial charge in [-0.25, -0.2) is 4.98 Å². The molecular formula is C8H8N2O3S. The number of carbonyl (C=O) groups excluding carboxylic acids is 1. The van der Waals surface area contributed by atoms with Crippen molar-refractivity contribution in [3.05, 3.63) is 23.9 Å². The van der Waals surface area contributed by atoms with Crippen LogP contribution in [0.5, 0.6) is 0 Å². The molecule has 0 aliphatic carbocycles. The minimum absolute atomic E-state index is 0.261. The van der Waals surface area contributed by atoms with Crippen LogP contribution >= 0.6 is 12.6 Å². The molecule has 1 amide bonds. The van der Waals surface area contributed by atoms with Gasteiger partial charge < -0.3 is 10.4 Å². The molecule has 0 radical (unpaired) electrons. The first-order chi connectivity index (χ1) is 6.61. The van der Waals surface area contributed by atoms with Crippen molar-refractivity contribution in [2.24, 2.45) is 0 Å². The standard InChI is InChI=1S/C8H8N2O3S/c11-6(12)4-10-7(13)5-2-1-3-9-8(5)14/h1-3H,4H2,(H,9,14)(H,10,13)(H,11,12). The average Bonchev–Trinajstić information content (AvgIpc) is 2.15. The van der Waals surface area contributed by atoms with E-state index in [0.29, 0.717) is 0 Å². The van der Waals surface area contributed by atoms with E-state index in [1.807, 2.05) is 0 Å². The molecule has 0 unspecified atom stereocenters. The van der Waals surface area contributed by atoms with Gasteiger partial charge in [0.25, 0.3) is 5.91 Å². The second-order valence-electron chi connectivity index (χ2n) is 2.45. The highest BCUT2D eigenvalue weighted by Crippen LogP contribution is 2.08. The van der Waals surface area contributed by atoms with Crippen molar-refractivity contribution in [1.29, 1.82) is 0 Å². The van der Waals surface area contributed by atoms with Gasteiger partial charge in [0.2, 0.25) is 0 Å². The Morgan fingerprint density at radius 2 is 2.29 bits per heavy atom. The Morgan fingerprint density at radius 1 is 1.57 bits per heavy atom. The van der Waals surface area contributed by atoms with E-state index in [9.17, 15) is 9.59 Å². The monoisotopic (exact) mass is 212 g/mol. The highest BCUT2D eigenvalue weighted by atomic mass is 32.1. The number of aromatic nitrogens is 1. The Labute approximate surface area is 85.6 Å². The summed E-state index contributed by atoms with van der Waals surface area (Å²) in [5, 5.41) is 10.8. The number of pyridine rings is 1. The molecule has 0 aliphatic rings. The number of thiol groups is 1. The summed E-state index contributed by atoms with van der Waals surface area (Å²) in [6.07, 6.45) is 1.50. The second kappa shape index (κ2) is 4.61. The van der Waals surface area contributed by atoms with Crippen LogP contribution in [0.15, 0.2) is 23.4 Å². The third-order valence-corrected chi connectivity index (χ3v) is 1.79. The molecule has 5 nitrogen and oxygen atoms in total. The first kappa shape index (κ1) is 10.5. The SMILES string of the molecule is O=C(O)CNC(=O)c1cccnc1S. The Kier molecular flexibility index (Phi) is 3.47. The number of nitrogens with one attached hydrogen (secondary N) is 1. The van der Waals surface area contributed by atoms with Crippen molar-refractivity contribution in [3.63, 3.8) is 0 Å². The smallest absolute Gasteiger partial charge is 0.322 e. The summed E-state index contributed by atoms with van der Waals surface area (Å²) in [5.74, 6) is -1.59. The maximum absolute atomic E-state index is 11.3. The van der Waals surface area contributed by atoms with Crippen LogP contribution in [0.25, 0.3) is 0 Å². The van der Waals surface area contributed by atoms with Gasteiger partial charge in [-0.15, -0.1) is 12.6 Å². The fourth-order valence-electron chi connectivity index (χ4n) is 0.825. The Hall–Kier alpha value is -1.56. The van der Waals surface area contributed by atoms with Gasteiger partial charge in [0, 0.05) is 6.20 Å². The molecule has 74 valence electrons. The number of aliphatic carboxylic acids is 1. The van der Waals surface area contributed by atoms with E-state index in [1.54, 1.807) is 6.07 Å². The van der Waals surface area contributed by atoms with E-state index in [-0.39, 0.29) is 10.6 Å². The van der Waals surface area contributed by atoms with Gasteiger partial charge in [-0.05, 0) is 12.1 Å². The summed E-state index contributed by atoms with van der Waals surface area (Å²) in [6.45, 7) is -0.416. The summed E-state index contributed by atoms with van der Waals surface area (Å²) < 4.78 is 0. The molecular weight excluding hydrogens is 204 g/mol. The number of nitrogens with zero attached hydrogens (tertiary/aromatic N) is 1. The lowest BCUT2D eigenvalue weighted by Gasteiger charge is -2.03. The van der Waals surface area contributed by atoms with E-state index in [4.69, 9.17) is 5.11 Å². The molecule has 2 N–H and O–H groups in total. The van der Waals surface area contributed by atoms with Gasteiger partial charge in [-0.1, -0.05) is 0 Å². The number of hydrogen-bond donors (Lipinski definition) is 3. The molecule has 1 heterocycles. The number of carbonyl (C=O) groups is 2. The zero-order chi connectivity index (χ0) is 10.6. The number of carboxylic acids is 1. The lowest BCUT2D eigenvalue weighted by Crippen LogP contribution is -2.29. The van der Waals surface area contributed by atoms with Crippen molar-refractivity contribution >= 4 is 24.5 Å². The fourth-order valence-corrected chi connectivity index (χ4v) is 1.07. The van der Waals surface area contributed by atoms with Gasteiger partial charge in [-0.3, -0.25) is 9.59 Å². The minimum Gasteiger partial charge on any atom is -0.480 e. The van der Waals surface area contributed by atoms with E-state index < -0.39 is 18.4 Å². The van der Waals surface area contributed by atoms with Gasteiger partial charge in [0.15, 0.2) is 0 Å². The van der Waals surface area contributed by atoms with Crippen LogP contribution in [-0.2, 0) is 4.79 Å². The molecule has 6 heteroatoms. The molecule has 0 aliphatic heterocycles. The van der Waals surface area contributed by atoms with E-state index >= 15 is 0 Å². The fraction of sp³-hybridized carbons (Fsp3) is 0.125. The molecule has 0 fully saturated rings. The Bertz CT molecular complexity index is 367. The van der Waals surface area contributed by atoms with E-state index in [1.165, 1.54) is 12.3 Å². The van der Waals surface area contributed by atoms with Crippen molar-refractivity contribution in [2.45, 2.75) is 5.03 Å². The predicted octanol–water partition coefficient (Wildman–Crippen LogP) is 0.185. The molecule has 0 aromatic carbocycles. The molecule has 0 saturated carbocycles. The summed E-state index contributed by atoms with van der Waals surface area (Å²) in [5.41, 5.74) is 0.261. The lowest BCUT2D eigenvalue weighted by molar-refractivity contribution is -0.135. The Morgan fingerprint density at radius 3 is 2.86 bits per heavy atom. The normalized spacial score (nSPS) is 9.50. The summed E-state index contributed by atoms with van der Waals surface area (Å²) >= 11 is 3.96. The van der Waals surface area contributed by atoms with Gasteiger partial charge in [-0.2, -0.15) is 0 Å². The molecule has 0 saturated heterocycles. The summed E-state index contributed by atoms with van der Waals surface area (Å²) in [7, 11) is 0. The number of hydrogen-bond acceptors (Lipinski definition) is 4. The molecule has 1 rings (SSSR count). The molecule has 1 aromatic heterocycles. The van der Waals surface area contributed by atoms with Crippen molar-refractivity contribution < 1.29 is 14.7 Å². The van der Waals surface area contributed by atoms with Crippen LogP contribution in [0.3, 0.4) is 0 Å². The van der Waals surface area contributed by atoms with Crippen molar-refractivity contribution in [2.75, 3.05) is 6.54 Å². The molecule has 1 aromatic rings. The van der Waals surface area contributed by atoms with E-state index in [0.717, 1.165) is 0 Å². The third kappa shape index (κ3) is 2.74. The quantitative estimate of drug-likeness (QED) is 0.625. The van der Waals surface area contributed by atoms with Gasteiger partial charge in [0.1, 0.15) is 11.6 Å². The zero-order valence-electron chi connectivity index (χ0n) is 7.10. The summed E-state index contributed by atoms with van der Waals surface area (Å²) in [4.78, 5) is 25.3. The minimum atomic E-state index is -1.09. The van der Waals surface area contributed by atoms with Crippen LogP contribution in [0.2, 0.25) is 0 Å². The molecule has 0 atom stereocenters. The number of rotatable bonds is 3. The van der Waals surface area contributed by atoms with Crippen LogP contribution in [-0.4, -0.2) is 28.5 Å². The highest BCUT2D eigenvalue weighted by Gasteiger charge is 2.10. The van der Waals surface area contributed by atoms with Gasteiger partial charge in [0.05, 0.1) is 5.56 Å². The van der Waals surface area contributed by atoms with Crippen LogP contribution < -0.4 is 5.32 Å². The molecule has 0 spiro atoms. The summed E-state index contributed by atoms with van der Waals surface area (Å²) in [6, 6.07) is 3.10. The van der Waals surface area contributed by atoms with Crippen LogP contribution in [0, 0.1) is 0 Å². The van der Waals surface area contributed by atoms with Gasteiger partial charge >= 0.3 is 5.97 Å². The maximum atomic E-state index is 11.3. The van der Waals surface area contributed by atoms with E-state index in [2.05, 4.69) is 22.9 Å². The predicted molar refractivity (Wildman–Crippen MR) is 51.5 cm³/mol. The van der Waals surface area contributed by atoms with Crippen molar-refractivity contribution in [1.82, 2.24) is 10.3 Å². The second-order valence-corrected chi connectivity index (χ2v) is 2.87.